The number of quaternary nitrogens is 1. The van der Waals surface area contributed by atoms with Crippen LogP contribution < -0.4 is 0 Å². The molecule has 0 aliphatic rings. The molecule has 2 atom stereocenters. The first-order valence-corrected chi connectivity index (χ1v) is 23.3. The van der Waals surface area contributed by atoms with Crippen molar-refractivity contribution in [3.8, 4) is 0 Å². The van der Waals surface area contributed by atoms with Crippen molar-refractivity contribution in [3.63, 3.8) is 0 Å². The normalized spacial score (nSPS) is 13.5. The molecule has 8 nitrogen and oxygen atoms in total. The van der Waals surface area contributed by atoms with Crippen molar-refractivity contribution < 1.29 is 38.2 Å². The van der Waals surface area contributed by atoms with Gasteiger partial charge in [0.1, 0.15) is 6.61 Å². The van der Waals surface area contributed by atoms with Gasteiger partial charge in [-0.25, -0.2) is 4.79 Å². The van der Waals surface area contributed by atoms with E-state index >= 15 is 0 Å². The lowest BCUT2D eigenvalue weighted by Crippen LogP contribution is -2.50. The molecular formula is C50H88NO7+. The second-order valence-electron chi connectivity index (χ2n) is 16.7. The Kier molecular flexibility index (Phi) is 38.7. The second kappa shape index (κ2) is 40.8. The number of ether oxygens (including phenoxy) is 3. The molecule has 334 valence electrons. The zero-order chi connectivity index (χ0) is 42.8. The summed E-state index contributed by atoms with van der Waals surface area (Å²) in [5.41, 5.74) is 0. The number of nitrogens with zero attached hydrogens (tertiary/aromatic N) is 1. The van der Waals surface area contributed by atoms with E-state index in [1.54, 1.807) is 0 Å². The number of likely N-dealkylation sites (N-methyl/N-ethyl adjacent to an activating group) is 1. The van der Waals surface area contributed by atoms with E-state index in [-0.39, 0.29) is 42.7 Å². The minimum absolute atomic E-state index is 0.0403. The van der Waals surface area contributed by atoms with Gasteiger partial charge in [-0.3, -0.25) is 9.59 Å². The van der Waals surface area contributed by atoms with Crippen LogP contribution in [0.3, 0.4) is 0 Å². The molecule has 0 saturated carbocycles. The Balaban J connectivity index is 4.42. The number of esters is 2. The maximum Gasteiger partial charge on any atom is 0.362 e. The number of hydrogen-bond donors (Lipinski definition) is 1. The van der Waals surface area contributed by atoms with Crippen molar-refractivity contribution in [3.05, 3.63) is 60.8 Å². The largest absolute Gasteiger partial charge is 0.477 e. The molecule has 0 aliphatic heterocycles. The van der Waals surface area contributed by atoms with E-state index in [1.807, 2.05) is 21.1 Å². The summed E-state index contributed by atoms with van der Waals surface area (Å²) in [5, 5.41) is 9.63. The van der Waals surface area contributed by atoms with Gasteiger partial charge in [-0.2, -0.15) is 0 Å². The maximum absolute atomic E-state index is 12.7. The minimum atomic E-state index is -0.884. The van der Waals surface area contributed by atoms with Crippen LogP contribution in [0.2, 0.25) is 0 Å². The van der Waals surface area contributed by atoms with E-state index in [4.69, 9.17) is 14.2 Å². The van der Waals surface area contributed by atoms with Crippen molar-refractivity contribution in [1.29, 1.82) is 0 Å². The van der Waals surface area contributed by atoms with Crippen molar-refractivity contribution >= 4 is 17.9 Å². The molecule has 0 spiro atoms. The van der Waals surface area contributed by atoms with Crippen LogP contribution in [0.5, 0.6) is 0 Å². The Labute approximate surface area is 356 Å². The number of rotatable bonds is 41. The van der Waals surface area contributed by atoms with E-state index < -0.39 is 18.1 Å². The van der Waals surface area contributed by atoms with Gasteiger partial charge in [0.05, 0.1) is 34.4 Å². The topological polar surface area (TPSA) is 99.1 Å². The van der Waals surface area contributed by atoms with Crippen molar-refractivity contribution in [2.45, 2.75) is 199 Å². The van der Waals surface area contributed by atoms with Crippen LogP contribution in [0, 0.1) is 0 Å². The molecule has 0 fully saturated rings. The molecule has 0 aliphatic carbocycles. The molecule has 2 unspecified atom stereocenters. The van der Waals surface area contributed by atoms with Gasteiger partial charge < -0.3 is 23.8 Å². The molecule has 0 aromatic carbocycles. The molecule has 58 heavy (non-hydrogen) atoms. The highest BCUT2D eigenvalue weighted by Gasteiger charge is 2.31. The fraction of sp³-hybridized carbons (Fsp3) is 0.740. The predicted octanol–water partition coefficient (Wildman–Crippen LogP) is 13.0. The number of carboxylic acid groups (broad SMARTS) is 1. The van der Waals surface area contributed by atoms with Gasteiger partial charge >= 0.3 is 17.9 Å². The molecule has 8 heteroatoms. The molecule has 0 rings (SSSR count). The average Bonchev–Trinajstić information content (AvgIpc) is 3.18. The third-order valence-corrected chi connectivity index (χ3v) is 10.1. The van der Waals surface area contributed by atoms with Gasteiger partial charge in [0, 0.05) is 19.3 Å². The summed E-state index contributed by atoms with van der Waals surface area (Å²) in [5.74, 6) is -1.55. The summed E-state index contributed by atoms with van der Waals surface area (Å²) in [6.45, 7) is 4.64. The van der Waals surface area contributed by atoms with Gasteiger partial charge in [0.15, 0.2) is 12.1 Å². The SMILES string of the molecule is CCCCC/C=C/C/C=C/CCCCCCCCCC(=O)OC(COCCC(C(=O)O)[N+](C)(C)C)COC(=O)CCC/C=C/C/C=C/C/C=C/CCCCCCCC. The average molecular weight is 815 g/mol. The number of carbonyl (C=O) groups is 3. The molecule has 0 aromatic rings. The van der Waals surface area contributed by atoms with Gasteiger partial charge in [-0.15, -0.1) is 0 Å². The molecule has 1 N–H and O–H groups in total. The number of aliphatic carboxylic acids is 1. The standard InChI is InChI=1S/C50H87NO7/c1-6-8-10-12-14-16-18-20-22-24-26-28-30-32-34-36-38-40-48(52)57-45-46(44-56-43-42-47(50(54)55)51(3,4)5)58-49(53)41-39-37-35-33-31-29-27-25-23-21-19-17-15-13-11-9-7-2/h15,17,20-23,26,28,32,34,46-47H,6-14,16,18-19,24-25,27,29-31,33,35-45H2,1-5H3/p+1/b17-15+,22-20+,23-21+,28-26+,34-32+. The van der Waals surface area contributed by atoms with Crippen molar-refractivity contribution in [1.82, 2.24) is 0 Å². The lowest BCUT2D eigenvalue weighted by atomic mass is 10.1. The first-order chi connectivity index (χ1) is 28.1. The van der Waals surface area contributed by atoms with Crippen LogP contribution in [0.1, 0.15) is 187 Å². The molecule has 0 saturated heterocycles. The number of unbranched alkanes of at least 4 members (excludes halogenated alkanes) is 17. The summed E-state index contributed by atoms with van der Waals surface area (Å²) in [6.07, 6.45) is 49.8. The Hall–Kier alpha value is -2.97. The van der Waals surface area contributed by atoms with Crippen molar-refractivity contribution in [2.75, 3.05) is 41.0 Å². The molecular weight excluding hydrogens is 727 g/mol. The lowest BCUT2D eigenvalue weighted by Gasteiger charge is -2.31. The van der Waals surface area contributed by atoms with Gasteiger partial charge in [-0.05, 0) is 77.0 Å². The highest BCUT2D eigenvalue weighted by Crippen LogP contribution is 2.13. The summed E-state index contributed by atoms with van der Waals surface area (Å²) in [4.78, 5) is 37.0. The third-order valence-electron chi connectivity index (χ3n) is 10.1. The first kappa shape index (κ1) is 55.0. The fourth-order valence-corrected chi connectivity index (χ4v) is 6.49. The van der Waals surface area contributed by atoms with E-state index in [0.29, 0.717) is 19.3 Å². The van der Waals surface area contributed by atoms with E-state index in [2.05, 4.69) is 74.6 Å². The molecule has 0 heterocycles. The Morgan fingerprint density at radius 2 is 0.931 bits per heavy atom. The van der Waals surface area contributed by atoms with Crippen LogP contribution in [-0.2, 0) is 28.6 Å². The number of carboxylic acids is 1. The Bertz CT molecular complexity index is 1130. The van der Waals surface area contributed by atoms with E-state index in [1.165, 1.54) is 96.3 Å². The van der Waals surface area contributed by atoms with E-state index in [0.717, 1.165) is 51.4 Å². The summed E-state index contributed by atoms with van der Waals surface area (Å²) in [6, 6.07) is -0.625. The summed E-state index contributed by atoms with van der Waals surface area (Å²) < 4.78 is 17.2. The van der Waals surface area contributed by atoms with Crippen molar-refractivity contribution in [2.24, 2.45) is 0 Å². The molecule has 0 radical (unpaired) electrons. The zero-order valence-electron chi connectivity index (χ0n) is 38.0. The highest BCUT2D eigenvalue weighted by atomic mass is 16.6. The summed E-state index contributed by atoms with van der Waals surface area (Å²) >= 11 is 0. The number of allylic oxidation sites excluding steroid dienone is 10. The van der Waals surface area contributed by atoms with Crippen LogP contribution in [0.4, 0.5) is 0 Å². The Morgan fingerprint density at radius 1 is 0.517 bits per heavy atom. The van der Waals surface area contributed by atoms with Crippen LogP contribution in [-0.4, -0.2) is 80.6 Å². The van der Waals surface area contributed by atoms with Crippen LogP contribution >= 0.6 is 0 Å². The first-order valence-electron chi connectivity index (χ1n) is 23.3. The minimum Gasteiger partial charge on any atom is -0.477 e. The second-order valence-corrected chi connectivity index (χ2v) is 16.7. The van der Waals surface area contributed by atoms with Gasteiger partial charge in [0.2, 0.25) is 0 Å². The third kappa shape index (κ3) is 38.5. The zero-order valence-corrected chi connectivity index (χ0v) is 38.0. The lowest BCUT2D eigenvalue weighted by molar-refractivity contribution is -0.887. The number of carbonyl (C=O) groups excluding carboxylic acids is 2. The summed E-state index contributed by atoms with van der Waals surface area (Å²) in [7, 11) is 5.51. The van der Waals surface area contributed by atoms with Gasteiger partial charge in [-0.1, -0.05) is 152 Å². The van der Waals surface area contributed by atoms with Gasteiger partial charge in [0.25, 0.3) is 0 Å². The maximum atomic E-state index is 12.7. The molecule has 0 aromatic heterocycles. The molecule has 0 amide bonds. The predicted molar refractivity (Wildman–Crippen MR) is 243 cm³/mol. The molecule has 0 bridgehead atoms. The number of hydrogen-bond acceptors (Lipinski definition) is 6. The quantitative estimate of drug-likeness (QED) is 0.0284. The van der Waals surface area contributed by atoms with Crippen LogP contribution in [0.25, 0.3) is 0 Å². The smallest absolute Gasteiger partial charge is 0.362 e. The monoisotopic (exact) mass is 815 g/mol. The highest BCUT2D eigenvalue weighted by molar-refractivity contribution is 5.72. The van der Waals surface area contributed by atoms with Crippen LogP contribution in [0.15, 0.2) is 60.8 Å². The fourth-order valence-electron chi connectivity index (χ4n) is 6.49. The van der Waals surface area contributed by atoms with E-state index in [9.17, 15) is 19.5 Å². The Morgan fingerprint density at radius 3 is 1.43 bits per heavy atom.